The van der Waals surface area contributed by atoms with Crippen LogP contribution in [0.1, 0.15) is 47.6 Å². The number of aliphatic carboxylic acids is 1. The quantitative estimate of drug-likeness (QED) is 0.749. The SMILES string of the molecule is CSc1ccc(C(c2cc(C)cc(C)c2)N2CCCCC2C(=O)O)cc1. The van der Waals surface area contributed by atoms with Crippen molar-refractivity contribution < 1.29 is 9.90 Å². The largest absolute Gasteiger partial charge is 0.480 e. The molecule has 0 aromatic heterocycles. The average Bonchev–Trinajstić information content (AvgIpc) is 2.62. The monoisotopic (exact) mass is 369 g/mol. The summed E-state index contributed by atoms with van der Waals surface area (Å²) in [6.07, 6.45) is 4.83. The highest BCUT2D eigenvalue weighted by molar-refractivity contribution is 7.98. The van der Waals surface area contributed by atoms with E-state index < -0.39 is 12.0 Å². The van der Waals surface area contributed by atoms with Crippen LogP contribution in [0.5, 0.6) is 0 Å². The normalized spacial score (nSPS) is 19.3. The molecule has 0 amide bonds. The molecule has 26 heavy (non-hydrogen) atoms. The number of carboxylic acids is 1. The van der Waals surface area contributed by atoms with Crippen LogP contribution in [-0.4, -0.2) is 34.8 Å². The van der Waals surface area contributed by atoms with Crippen LogP contribution in [0.3, 0.4) is 0 Å². The maximum absolute atomic E-state index is 11.9. The minimum Gasteiger partial charge on any atom is -0.480 e. The Balaban J connectivity index is 2.09. The van der Waals surface area contributed by atoms with E-state index in [-0.39, 0.29) is 6.04 Å². The number of hydrogen-bond acceptors (Lipinski definition) is 3. The van der Waals surface area contributed by atoms with Crippen LogP contribution in [0.2, 0.25) is 0 Å². The second-order valence-corrected chi connectivity index (χ2v) is 8.06. The third-order valence-corrected chi connectivity index (χ3v) is 5.90. The molecule has 2 atom stereocenters. The summed E-state index contributed by atoms with van der Waals surface area (Å²) in [7, 11) is 0. The van der Waals surface area contributed by atoms with E-state index in [2.05, 4.69) is 67.5 Å². The lowest BCUT2D eigenvalue weighted by atomic mass is 9.90. The molecule has 2 aromatic rings. The molecule has 3 nitrogen and oxygen atoms in total. The van der Waals surface area contributed by atoms with Crippen LogP contribution in [0.15, 0.2) is 47.4 Å². The molecule has 0 spiro atoms. The lowest BCUT2D eigenvalue weighted by Crippen LogP contribution is -2.46. The van der Waals surface area contributed by atoms with E-state index >= 15 is 0 Å². The number of thioether (sulfide) groups is 1. The van der Waals surface area contributed by atoms with Gasteiger partial charge in [0.15, 0.2) is 0 Å². The summed E-state index contributed by atoms with van der Waals surface area (Å²) < 4.78 is 0. The van der Waals surface area contributed by atoms with E-state index in [1.807, 2.05) is 0 Å². The first-order chi connectivity index (χ1) is 12.5. The Bertz CT molecular complexity index is 752. The van der Waals surface area contributed by atoms with Crippen LogP contribution in [0.4, 0.5) is 0 Å². The second kappa shape index (κ2) is 8.28. The van der Waals surface area contributed by atoms with Gasteiger partial charge in [-0.2, -0.15) is 0 Å². The van der Waals surface area contributed by atoms with Gasteiger partial charge in [-0.15, -0.1) is 11.8 Å². The molecule has 0 aliphatic carbocycles. The molecule has 0 bridgehead atoms. The van der Waals surface area contributed by atoms with E-state index in [0.717, 1.165) is 25.8 Å². The lowest BCUT2D eigenvalue weighted by molar-refractivity contribution is -0.145. The van der Waals surface area contributed by atoms with E-state index in [1.165, 1.54) is 27.1 Å². The average molecular weight is 370 g/mol. The van der Waals surface area contributed by atoms with Crippen molar-refractivity contribution >= 4 is 17.7 Å². The first-order valence-electron chi connectivity index (χ1n) is 9.20. The molecule has 1 aliphatic rings. The Morgan fingerprint density at radius 3 is 2.31 bits per heavy atom. The maximum Gasteiger partial charge on any atom is 0.320 e. The standard InChI is InChI=1S/C22H27NO2S/c1-15-12-16(2)14-18(13-15)21(17-7-9-19(26-3)10-8-17)23-11-5-4-6-20(23)22(24)25/h7-10,12-14,20-21H,4-6,11H2,1-3H3,(H,24,25). The molecular weight excluding hydrogens is 342 g/mol. The fourth-order valence-electron chi connectivity index (χ4n) is 4.06. The minimum atomic E-state index is -0.709. The van der Waals surface area contributed by atoms with Gasteiger partial charge in [-0.1, -0.05) is 47.9 Å². The van der Waals surface area contributed by atoms with E-state index in [1.54, 1.807) is 11.8 Å². The summed E-state index contributed by atoms with van der Waals surface area (Å²) in [6, 6.07) is 14.7. The zero-order chi connectivity index (χ0) is 18.7. The number of piperidine rings is 1. The molecule has 4 heteroatoms. The van der Waals surface area contributed by atoms with Crippen molar-refractivity contribution in [3.63, 3.8) is 0 Å². The van der Waals surface area contributed by atoms with Crippen molar-refractivity contribution in [3.8, 4) is 0 Å². The van der Waals surface area contributed by atoms with Gasteiger partial charge in [0.2, 0.25) is 0 Å². The highest BCUT2D eigenvalue weighted by atomic mass is 32.2. The number of benzene rings is 2. The van der Waals surface area contributed by atoms with Crippen molar-refractivity contribution in [3.05, 3.63) is 64.7 Å². The summed E-state index contributed by atoms with van der Waals surface area (Å²) >= 11 is 1.72. The van der Waals surface area contributed by atoms with Gasteiger partial charge in [0.25, 0.3) is 0 Å². The lowest BCUT2D eigenvalue weighted by Gasteiger charge is -2.40. The number of nitrogens with zero attached hydrogens (tertiary/aromatic N) is 1. The summed E-state index contributed by atoms with van der Waals surface area (Å²) in [4.78, 5) is 15.3. The van der Waals surface area contributed by atoms with Crippen molar-refractivity contribution in [2.75, 3.05) is 12.8 Å². The molecule has 1 aliphatic heterocycles. The van der Waals surface area contributed by atoms with E-state index in [4.69, 9.17) is 0 Å². The molecular formula is C22H27NO2S. The molecule has 2 aromatic carbocycles. The van der Waals surface area contributed by atoms with E-state index in [0.29, 0.717) is 0 Å². The van der Waals surface area contributed by atoms with Crippen LogP contribution in [-0.2, 0) is 4.79 Å². The molecule has 0 saturated carbocycles. The molecule has 1 N–H and O–H groups in total. The Morgan fingerprint density at radius 1 is 1.08 bits per heavy atom. The third kappa shape index (κ3) is 4.13. The van der Waals surface area contributed by atoms with Crippen molar-refractivity contribution in [2.45, 2.75) is 50.1 Å². The number of hydrogen-bond donors (Lipinski definition) is 1. The Morgan fingerprint density at radius 2 is 1.73 bits per heavy atom. The zero-order valence-corrected chi connectivity index (χ0v) is 16.6. The predicted octanol–water partition coefficient (Wildman–Crippen LogP) is 5.05. The fraction of sp³-hybridized carbons (Fsp3) is 0.409. The topological polar surface area (TPSA) is 40.5 Å². The smallest absolute Gasteiger partial charge is 0.320 e. The predicted molar refractivity (Wildman–Crippen MR) is 108 cm³/mol. The summed E-state index contributed by atoms with van der Waals surface area (Å²) in [6.45, 7) is 5.03. The van der Waals surface area contributed by atoms with Crippen LogP contribution < -0.4 is 0 Å². The summed E-state index contributed by atoms with van der Waals surface area (Å²) in [5.74, 6) is -0.709. The second-order valence-electron chi connectivity index (χ2n) is 7.18. The van der Waals surface area contributed by atoms with Crippen LogP contribution >= 0.6 is 11.8 Å². The summed E-state index contributed by atoms with van der Waals surface area (Å²) in [5, 5.41) is 9.80. The molecule has 2 unspecified atom stereocenters. The van der Waals surface area contributed by atoms with Crippen molar-refractivity contribution in [1.29, 1.82) is 0 Å². The van der Waals surface area contributed by atoms with Gasteiger partial charge >= 0.3 is 5.97 Å². The van der Waals surface area contributed by atoms with E-state index in [9.17, 15) is 9.90 Å². The summed E-state index contributed by atoms with van der Waals surface area (Å²) in [5.41, 5.74) is 4.79. The first-order valence-corrected chi connectivity index (χ1v) is 10.4. The molecule has 1 fully saturated rings. The van der Waals surface area contributed by atoms with Crippen LogP contribution in [0.25, 0.3) is 0 Å². The Labute approximate surface area is 160 Å². The van der Waals surface area contributed by atoms with Gasteiger partial charge in [0.05, 0.1) is 6.04 Å². The number of rotatable bonds is 5. The Kier molecular flexibility index (Phi) is 6.05. The van der Waals surface area contributed by atoms with Gasteiger partial charge < -0.3 is 5.11 Å². The molecule has 0 radical (unpaired) electrons. The number of aryl methyl sites for hydroxylation is 2. The van der Waals surface area contributed by atoms with Gasteiger partial charge in [0.1, 0.15) is 6.04 Å². The first kappa shape index (κ1) is 19.0. The van der Waals surface area contributed by atoms with Gasteiger partial charge in [-0.05, 0) is 62.7 Å². The molecule has 1 heterocycles. The third-order valence-electron chi connectivity index (χ3n) is 5.15. The van der Waals surface area contributed by atoms with Crippen molar-refractivity contribution in [1.82, 2.24) is 4.90 Å². The van der Waals surface area contributed by atoms with Crippen molar-refractivity contribution in [2.24, 2.45) is 0 Å². The van der Waals surface area contributed by atoms with Gasteiger partial charge in [-0.25, -0.2) is 0 Å². The molecule has 138 valence electrons. The molecule has 1 saturated heterocycles. The Hall–Kier alpha value is -1.78. The van der Waals surface area contributed by atoms with Crippen LogP contribution in [0, 0.1) is 13.8 Å². The minimum absolute atomic E-state index is 0.0223. The van der Waals surface area contributed by atoms with Gasteiger partial charge in [-0.3, -0.25) is 9.69 Å². The highest BCUT2D eigenvalue weighted by Gasteiger charge is 2.35. The maximum atomic E-state index is 11.9. The molecule has 3 rings (SSSR count). The number of carbonyl (C=O) groups is 1. The highest BCUT2D eigenvalue weighted by Crippen LogP contribution is 2.35. The fourth-order valence-corrected chi connectivity index (χ4v) is 4.47. The van der Waals surface area contributed by atoms with Gasteiger partial charge in [0, 0.05) is 4.90 Å². The number of likely N-dealkylation sites (tertiary alicyclic amines) is 1. The number of carboxylic acid groups (broad SMARTS) is 1. The zero-order valence-electron chi connectivity index (χ0n) is 15.7.